The first kappa shape index (κ1) is 13.7. The van der Waals surface area contributed by atoms with Crippen LogP contribution in [0, 0.1) is 5.92 Å². The van der Waals surface area contributed by atoms with Crippen molar-refractivity contribution in [3.63, 3.8) is 0 Å². The minimum Gasteiger partial charge on any atom is -0.399 e. The van der Waals surface area contributed by atoms with E-state index in [0.29, 0.717) is 12.0 Å². The summed E-state index contributed by atoms with van der Waals surface area (Å²) in [5.74, 6) is 1.63. The van der Waals surface area contributed by atoms with Gasteiger partial charge in [0, 0.05) is 17.1 Å². The Balaban J connectivity index is 2.19. The molecule has 1 unspecified atom stereocenters. The van der Waals surface area contributed by atoms with Crippen molar-refractivity contribution in [2.75, 3.05) is 11.1 Å². The summed E-state index contributed by atoms with van der Waals surface area (Å²) in [6, 6.07) is 10.4. The lowest BCUT2D eigenvalue weighted by atomic mass is 9.95. The molecule has 0 spiro atoms. The van der Waals surface area contributed by atoms with E-state index in [0.717, 1.165) is 22.4 Å². The lowest BCUT2D eigenvalue weighted by Gasteiger charge is -2.23. The Hall–Kier alpha value is -1.77. The van der Waals surface area contributed by atoms with Gasteiger partial charge in [-0.05, 0) is 43.2 Å². The number of nitrogen functional groups attached to an aromatic ring is 1. The number of nitrogens with one attached hydrogen (secondary N) is 1. The maximum atomic E-state index is 5.78. The van der Waals surface area contributed by atoms with Crippen LogP contribution in [0.3, 0.4) is 0 Å². The van der Waals surface area contributed by atoms with E-state index in [4.69, 9.17) is 5.73 Å². The predicted octanol–water partition coefficient (Wildman–Crippen LogP) is 4.05. The van der Waals surface area contributed by atoms with Gasteiger partial charge in [-0.25, -0.2) is 4.98 Å². The monoisotopic (exact) mass is 257 g/mol. The van der Waals surface area contributed by atoms with Crippen molar-refractivity contribution < 1.29 is 0 Å². The molecule has 0 aliphatic carbocycles. The largest absolute Gasteiger partial charge is 0.399 e. The number of hydrogen-bond donors (Lipinski definition) is 2. The van der Waals surface area contributed by atoms with Crippen LogP contribution in [-0.4, -0.2) is 11.0 Å². The molecule has 0 aliphatic rings. The minimum absolute atomic E-state index is 0.439. The average molecular weight is 257 g/mol. The number of nitrogens with zero attached hydrogens (tertiary/aromatic N) is 1. The Kier molecular flexibility index (Phi) is 4.25. The molecule has 3 heteroatoms. The van der Waals surface area contributed by atoms with E-state index in [1.807, 2.05) is 24.3 Å². The number of nitrogens with two attached hydrogens (primary N) is 1. The topological polar surface area (TPSA) is 50.9 Å². The van der Waals surface area contributed by atoms with Crippen LogP contribution in [0.2, 0.25) is 0 Å². The molecule has 102 valence electrons. The van der Waals surface area contributed by atoms with E-state index in [-0.39, 0.29) is 0 Å². The van der Waals surface area contributed by atoms with Crippen LogP contribution in [0.1, 0.15) is 33.6 Å². The Morgan fingerprint density at radius 2 is 1.89 bits per heavy atom. The second-order valence-electron chi connectivity index (χ2n) is 5.16. The van der Waals surface area contributed by atoms with Gasteiger partial charge < -0.3 is 11.1 Å². The SMILES string of the molecule is CCC(CC)C(C)Nc1ccc2cc(N)ccc2n1. The molecular weight excluding hydrogens is 234 g/mol. The molecule has 0 bridgehead atoms. The van der Waals surface area contributed by atoms with Crippen LogP contribution in [0.5, 0.6) is 0 Å². The lowest BCUT2D eigenvalue weighted by Crippen LogP contribution is -2.25. The predicted molar refractivity (Wildman–Crippen MR) is 83.3 cm³/mol. The molecule has 1 aromatic carbocycles. The summed E-state index contributed by atoms with van der Waals surface area (Å²) in [5, 5.41) is 4.59. The molecule has 0 fully saturated rings. The highest BCUT2D eigenvalue weighted by molar-refractivity contribution is 5.83. The van der Waals surface area contributed by atoms with Crippen LogP contribution in [0.4, 0.5) is 11.5 Å². The molecule has 3 N–H and O–H groups in total. The zero-order valence-electron chi connectivity index (χ0n) is 12.0. The summed E-state index contributed by atoms with van der Waals surface area (Å²) in [6.45, 7) is 6.71. The first-order valence-corrected chi connectivity index (χ1v) is 7.06. The molecule has 1 heterocycles. The number of hydrogen-bond acceptors (Lipinski definition) is 3. The van der Waals surface area contributed by atoms with Crippen molar-refractivity contribution in [1.29, 1.82) is 0 Å². The van der Waals surface area contributed by atoms with Gasteiger partial charge in [0.05, 0.1) is 5.52 Å². The van der Waals surface area contributed by atoms with Crippen molar-refractivity contribution in [1.82, 2.24) is 4.98 Å². The maximum Gasteiger partial charge on any atom is 0.126 e. The highest BCUT2D eigenvalue weighted by atomic mass is 15.0. The maximum absolute atomic E-state index is 5.78. The summed E-state index contributed by atoms with van der Waals surface area (Å²) in [7, 11) is 0. The Labute approximate surface area is 115 Å². The third-order valence-corrected chi connectivity index (χ3v) is 3.84. The average Bonchev–Trinajstić information content (AvgIpc) is 2.40. The van der Waals surface area contributed by atoms with E-state index in [1.165, 1.54) is 12.8 Å². The first-order chi connectivity index (χ1) is 9.13. The molecular formula is C16H23N3. The molecule has 1 aromatic heterocycles. The van der Waals surface area contributed by atoms with Crippen molar-refractivity contribution >= 4 is 22.4 Å². The highest BCUT2D eigenvalue weighted by Crippen LogP contribution is 2.21. The second kappa shape index (κ2) is 5.91. The third kappa shape index (κ3) is 3.16. The molecule has 0 amide bonds. The summed E-state index contributed by atoms with van der Waals surface area (Å²) < 4.78 is 0. The van der Waals surface area contributed by atoms with E-state index in [9.17, 15) is 0 Å². The van der Waals surface area contributed by atoms with Crippen LogP contribution < -0.4 is 11.1 Å². The van der Waals surface area contributed by atoms with E-state index in [1.54, 1.807) is 0 Å². The quantitative estimate of drug-likeness (QED) is 0.794. The fraction of sp³-hybridized carbons (Fsp3) is 0.438. The molecule has 3 nitrogen and oxygen atoms in total. The van der Waals surface area contributed by atoms with Gasteiger partial charge in [0.25, 0.3) is 0 Å². The van der Waals surface area contributed by atoms with Gasteiger partial charge in [-0.1, -0.05) is 26.7 Å². The van der Waals surface area contributed by atoms with Crippen molar-refractivity contribution in [3.05, 3.63) is 30.3 Å². The van der Waals surface area contributed by atoms with Crippen molar-refractivity contribution in [3.8, 4) is 0 Å². The highest BCUT2D eigenvalue weighted by Gasteiger charge is 2.13. The van der Waals surface area contributed by atoms with Gasteiger partial charge >= 0.3 is 0 Å². The van der Waals surface area contributed by atoms with Gasteiger partial charge in [0.2, 0.25) is 0 Å². The number of fused-ring (bicyclic) bond motifs is 1. The summed E-state index contributed by atoms with van der Waals surface area (Å²) in [4.78, 5) is 4.64. The normalized spacial score (nSPS) is 12.8. The van der Waals surface area contributed by atoms with Crippen LogP contribution >= 0.6 is 0 Å². The number of aromatic nitrogens is 1. The number of rotatable bonds is 5. The molecule has 0 saturated carbocycles. The molecule has 2 rings (SSSR count). The van der Waals surface area contributed by atoms with Crippen molar-refractivity contribution in [2.24, 2.45) is 5.92 Å². The third-order valence-electron chi connectivity index (χ3n) is 3.84. The lowest BCUT2D eigenvalue weighted by molar-refractivity contribution is 0.437. The van der Waals surface area contributed by atoms with Crippen LogP contribution in [-0.2, 0) is 0 Å². The fourth-order valence-electron chi connectivity index (χ4n) is 2.57. The molecule has 0 aliphatic heterocycles. The van der Waals surface area contributed by atoms with Gasteiger partial charge in [-0.3, -0.25) is 0 Å². The molecule has 0 saturated heterocycles. The van der Waals surface area contributed by atoms with E-state index in [2.05, 4.69) is 37.1 Å². The first-order valence-electron chi connectivity index (χ1n) is 7.06. The fourth-order valence-corrected chi connectivity index (χ4v) is 2.57. The number of pyridine rings is 1. The molecule has 1 atom stereocenters. The standard InChI is InChI=1S/C16H23N3/c1-4-12(5-2)11(3)18-16-9-6-13-10-14(17)7-8-15(13)19-16/h6-12H,4-5,17H2,1-3H3,(H,18,19). The zero-order chi connectivity index (χ0) is 13.8. The second-order valence-corrected chi connectivity index (χ2v) is 5.16. The Morgan fingerprint density at radius 1 is 1.16 bits per heavy atom. The van der Waals surface area contributed by atoms with Crippen LogP contribution in [0.25, 0.3) is 10.9 Å². The smallest absolute Gasteiger partial charge is 0.126 e. The van der Waals surface area contributed by atoms with E-state index < -0.39 is 0 Å². The van der Waals surface area contributed by atoms with Crippen molar-refractivity contribution in [2.45, 2.75) is 39.7 Å². The van der Waals surface area contributed by atoms with E-state index >= 15 is 0 Å². The Bertz CT molecular complexity index is 547. The van der Waals surface area contributed by atoms with Gasteiger partial charge in [0.15, 0.2) is 0 Å². The summed E-state index contributed by atoms with van der Waals surface area (Å²) in [5.41, 5.74) is 7.54. The molecule has 2 aromatic rings. The van der Waals surface area contributed by atoms with Gasteiger partial charge in [0.1, 0.15) is 5.82 Å². The zero-order valence-corrected chi connectivity index (χ0v) is 12.0. The van der Waals surface area contributed by atoms with Crippen LogP contribution in [0.15, 0.2) is 30.3 Å². The minimum atomic E-state index is 0.439. The molecule has 0 radical (unpaired) electrons. The number of benzene rings is 1. The molecule has 19 heavy (non-hydrogen) atoms. The summed E-state index contributed by atoms with van der Waals surface area (Å²) >= 11 is 0. The van der Waals surface area contributed by atoms with Gasteiger partial charge in [-0.2, -0.15) is 0 Å². The Morgan fingerprint density at radius 3 is 2.58 bits per heavy atom. The number of anilines is 2. The summed E-state index contributed by atoms with van der Waals surface area (Å²) in [6.07, 6.45) is 2.38. The van der Waals surface area contributed by atoms with Gasteiger partial charge in [-0.15, -0.1) is 0 Å².